The molecule has 0 radical (unpaired) electrons. The zero-order valence-corrected chi connectivity index (χ0v) is 11.2. The summed E-state index contributed by atoms with van der Waals surface area (Å²) in [7, 11) is 1.27. The average Bonchev–Trinajstić information content (AvgIpc) is 2.94. The number of carbonyl (C=O) groups is 2. The SMILES string of the molecule is COC(=O)C1CC(O)CN1CC(=O)Nc1nnc(C)o1. The van der Waals surface area contributed by atoms with Gasteiger partial charge in [0.1, 0.15) is 6.04 Å². The number of aliphatic hydroxyl groups excluding tert-OH is 1. The average molecular weight is 284 g/mol. The number of hydrogen-bond acceptors (Lipinski definition) is 8. The van der Waals surface area contributed by atoms with Gasteiger partial charge >= 0.3 is 12.0 Å². The molecule has 2 atom stereocenters. The lowest BCUT2D eigenvalue weighted by Gasteiger charge is -2.20. The van der Waals surface area contributed by atoms with Gasteiger partial charge < -0.3 is 14.3 Å². The Labute approximate surface area is 114 Å². The minimum atomic E-state index is -0.655. The number of rotatable bonds is 4. The highest BCUT2D eigenvalue weighted by atomic mass is 16.5. The number of nitrogens with one attached hydrogen (secondary N) is 1. The molecule has 1 aliphatic heterocycles. The molecule has 0 aromatic carbocycles. The van der Waals surface area contributed by atoms with Crippen LogP contribution in [0.3, 0.4) is 0 Å². The Hall–Kier alpha value is -2.00. The maximum absolute atomic E-state index is 11.8. The van der Waals surface area contributed by atoms with E-state index in [1.54, 1.807) is 11.8 Å². The highest BCUT2D eigenvalue weighted by Crippen LogP contribution is 2.18. The second kappa shape index (κ2) is 5.97. The fraction of sp³-hybridized carbons (Fsp3) is 0.636. The van der Waals surface area contributed by atoms with Crippen LogP contribution in [0.15, 0.2) is 4.42 Å². The van der Waals surface area contributed by atoms with E-state index in [1.165, 1.54) is 7.11 Å². The number of amides is 1. The monoisotopic (exact) mass is 284 g/mol. The van der Waals surface area contributed by atoms with Gasteiger partial charge in [-0.05, 0) is 0 Å². The lowest BCUT2D eigenvalue weighted by atomic mass is 10.2. The van der Waals surface area contributed by atoms with Crippen molar-refractivity contribution < 1.29 is 23.8 Å². The molecule has 0 spiro atoms. The van der Waals surface area contributed by atoms with Crippen LogP contribution in [-0.4, -0.2) is 64.4 Å². The van der Waals surface area contributed by atoms with Crippen LogP contribution in [0.5, 0.6) is 0 Å². The quantitative estimate of drug-likeness (QED) is 0.671. The summed E-state index contributed by atoms with van der Waals surface area (Å²) in [5.74, 6) is -0.538. The van der Waals surface area contributed by atoms with Crippen molar-refractivity contribution in [1.82, 2.24) is 15.1 Å². The summed E-state index contributed by atoms with van der Waals surface area (Å²) in [4.78, 5) is 24.9. The molecular formula is C11H16N4O5. The van der Waals surface area contributed by atoms with Crippen LogP contribution in [0, 0.1) is 6.92 Å². The third-order valence-corrected chi connectivity index (χ3v) is 2.97. The second-order valence-corrected chi connectivity index (χ2v) is 4.53. The van der Waals surface area contributed by atoms with Gasteiger partial charge in [0.2, 0.25) is 11.8 Å². The molecule has 9 nitrogen and oxygen atoms in total. The maximum atomic E-state index is 11.8. The smallest absolute Gasteiger partial charge is 0.323 e. The van der Waals surface area contributed by atoms with Gasteiger partial charge in [0.15, 0.2) is 0 Å². The van der Waals surface area contributed by atoms with E-state index in [-0.39, 0.29) is 25.5 Å². The van der Waals surface area contributed by atoms with E-state index < -0.39 is 24.0 Å². The van der Waals surface area contributed by atoms with Crippen molar-refractivity contribution in [3.05, 3.63) is 5.89 Å². The number of ether oxygens (including phenoxy) is 1. The highest BCUT2D eigenvalue weighted by molar-refractivity contribution is 5.90. The first-order valence-corrected chi connectivity index (χ1v) is 6.09. The second-order valence-electron chi connectivity index (χ2n) is 4.53. The number of esters is 1. The van der Waals surface area contributed by atoms with E-state index in [0.29, 0.717) is 5.89 Å². The van der Waals surface area contributed by atoms with Gasteiger partial charge in [-0.2, -0.15) is 0 Å². The molecule has 1 aromatic heterocycles. The van der Waals surface area contributed by atoms with Gasteiger partial charge in [0.05, 0.1) is 19.8 Å². The highest BCUT2D eigenvalue weighted by Gasteiger charge is 2.37. The van der Waals surface area contributed by atoms with Crippen LogP contribution in [0.1, 0.15) is 12.3 Å². The number of aliphatic hydroxyl groups is 1. The molecule has 2 rings (SSSR count). The normalized spacial score (nSPS) is 22.8. The van der Waals surface area contributed by atoms with Crippen molar-refractivity contribution in [3.8, 4) is 0 Å². The van der Waals surface area contributed by atoms with Gasteiger partial charge in [-0.3, -0.25) is 19.8 Å². The van der Waals surface area contributed by atoms with Crippen LogP contribution in [-0.2, 0) is 14.3 Å². The molecule has 1 fully saturated rings. The van der Waals surface area contributed by atoms with Crippen molar-refractivity contribution in [3.63, 3.8) is 0 Å². The molecule has 2 N–H and O–H groups in total. The lowest BCUT2D eigenvalue weighted by Crippen LogP contribution is -2.41. The molecule has 0 bridgehead atoms. The molecule has 0 saturated carbocycles. The van der Waals surface area contributed by atoms with E-state index in [9.17, 15) is 14.7 Å². The van der Waals surface area contributed by atoms with Crippen LogP contribution < -0.4 is 5.32 Å². The van der Waals surface area contributed by atoms with Gasteiger partial charge in [-0.25, -0.2) is 0 Å². The number of aryl methyl sites for hydroxylation is 1. The number of anilines is 1. The minimum absolute atomic E-state index is 0.00173. The van der Waals surface area contributed by atoms with Crippen molar-refractivity contribution >= 4 is 17.9 Å². The molecule has 0 aliphatic carbocycles. The van der Waals surface area contributed by atoms with E-state index >= 15 is 0 Å². The molecule has 110 valence electrons. The summed E-state index contributed by atoms with van der Waals surface area (Å²) in [6, 6.07) is -0.618. The summed E-state index contributed by atoms with van der Waals surface area (Å²) < 4.78 is 9.67. The van der Waals surface area contributed by atoms with Crippen LogP contribution in [0.4, 0.5) is 6.01 Å². The largest absolute Gasteiger partial charge is 0.468 e. The molecule has 2 unspecified atom stereocenters. The number of nitrogens with zero attached hydrogens (tertiary/aromatic N) is 3. The van der Waals surface area contributed by atoms with Crippen LogP contribution >= 0.6 is 0 Å². The Morgan fingerprint density at radius 2 is 2.30 bits per heavy atom. The number of methoxy groups -OCH3 is 1. The molecule has 1 amide bonds. The summed E-state index contributed by atoms with van der Waals surface area (Å²) in [6.07, 6.45) is -0.405. The number of carbonyl (C=O) groups excluding carboxylic acids is 2. The predicted octanol–water partition coefficient (Wildman–Crippen LogP) is -1.08. The fourth-order valence-electron chi connectivity index (χ4n) is 2.13. The first-order valence-electron chi connectivity index (χ1n) is 6.09. The third-order valence-electron chi connectivity index (χ3n) is 2.97. The lowest BCUT2D eigenvalue weighted by molar-refractivity contribution is -0.146. The number of hydrogen-bond donors (Lipinski definition) is 2. The molecule has 1 saturated heterocycles. The number of β-amino-alcohol motifs (C(OH)–C–C–N with tert-alkyl or cyclic N) is 1. The van der Waals surface area contributed by atoms with Crippen molar-refractivity contribution in [2.75, 3.05) is 25.5 Å². The Morgan fingerprint density at radius 1 is 1.55 bits per heavy atom. The van der Waals surface area contributed by atoms with Gasteiger partial charge in [-0.1, -0.05) is 5.10 Å². The Morgan fingerprint density at radius 3 is 2.90 bits per heavy atom. The molecular weight excluding hydrogens is 268 g/mol. The summed E-state index contributed by atoms with van der Waals surface area (Å²) in [5.41, 5.74) is 0. The Bertz CT molecular complexity index is 503. The first kappa shape index (κ1) is 14.4. The zero-order chi connectivity index (χ0) is 14.7. The van der Waals surface area contributed by atoms with E-state index in [1.807, 2.05) is 0 Å². The number of likely N-dealkylation sites (tertiary alicyclic amines) is 1. The Kier molecular flexibility index (Phi) is 4.30. The van der Waals surface area contributed by atoms with Crippen molar-refractivity contribution in [1.29, 1.82) is 0 Å². The van der Waals surface area contributed by atoms with Crippen LogP contribution in [0.25, 0.3) is 0 Å². The standard InChI is InChI=1S/C11H16N4O5/c1-6-13-14-11(20-6)12-9(17)5-15-4-7(16)3-8(15)10(18)19-2/h7-8,16H,3-5H2,1-2H3,(H,12,14,17). The topological polar surface area (TPSA) is 118 Å². The summed E-state index contributed by atoms with van der Waals surface area (Å²) in [5, 5.41) is 19.2. The molecule has 20 heavy (non-hydrogen) atoms. The minimum Gasteiger partial charge on any atom is -0.468 e. The Balaban J connectivity index is 1.94. The van der Waals surface area contributed by atoms with Gasteiger partial charge in [0, 0.05) is 19.9 Å². The van der Waals surface area contributed by atoms with E-state index in [2.05, 4.69) is 20.3 Å². The molecule has 9 heteroatoms. The van der Waals surface area contributed by atoms with E-state index in [4.69, 9.17) is 4.42 Å². The molecule has 2 heterocycles. The summed E-state index contributed by atoms with van der Waals surface area (Å²) >= 11 is 0. The van der Waals surface area contributed by atoms with Crippen molar-refractivity contribution in [2.24, 2.45) is 0 Å². The number of aromatic nitrogens is 2. The predicted molar refractivity (Wildman–Crippen MR) is 65.7 cm³/mol. The van der Waals surface area contributed by atoms with Crippen molar-refractivity contribution in [2.45, 2.75) is 25.5 Å². The maximum Gasteiger partial charge on any atom is 0.323 e. The third kappa shape index (κ3) is 3.31. The molecule has 1 aromatic rings. The summed E-state index contributed by atoms with van der Waals surface area (Å²) in [6.45, 7) is 1.76. The van der Waals surface area contributed by atoms with Gasteiger partial charge in [-0.15, -0.1) is 5.10 Å². The molecule has 1 aliphatic rings. The van der Waals surface area contributed by atoms with Gasteiger partial charge in [0.25, 0.3) is 0 Å². The fourth-order valence-corrected chi connectivity index (χ4v) is 2.13. The van der Waals surface area contributed by atoms with E-state index in [0.717, 1.165) is 0 Å². The van der Waals surface area contributed by atoms with Crippen LogP contribution in [0.2, 0.25) is 0 Å². The zero-order valence-electron chi connectivity index (χ0n) is 11.2. The first-order chi connectivity index (χ1) is 9.49.